The van der Waals surface area contributed by atoms with Crippen LogP contribution < -0.4 is 15.5 Å². The number of thiophene rings is 1. The van der Waals surface area contributed by atoms with Crippen LogP contribution in [0.4, 0.5) is 21.4 Å². The van der Waals surface area contributed by atoms with Crippen molar-refractivity contribution in [3.05, 3.63) is 29.9 Å². The van der Waals surface area contributed by atoms with Crippen LogP contribution in [0.2, 0.25) is 0 Å². The molecule has 1 saturated heterocycles. The van der Waals surface area contributed by atoms with E-state index in [2.05, 4.69) is 25.5 Å². The Hall–Kier alpha value is -2.15. The van der Waals surface area contributed by atoms with Gasteiger partial charge in [-0.25, -0.2) is 14.8 Å². The maximum Gasteiger partial charge on any atom is 0.325 e. The smallest absolute Gasteiger partial charge is 0.325 e. The van der Waals surface area contributed by atoms with Crippen LogP contribution in [0.15, 0.2) is 29.9 Å². The zero-order chi connectivity index (χ0) is 14.5. The average Bonchev–Trinajstić information content (AvgIpc) is 3.01. The molecule has 6 nitrogen and oxygen atoms in total. The summed E-state index contributed by atoms with van der Waals surface area (Å²) in [6.45, 7) is 2.02. The van der Waals surface area contributed by atoms with Crippen molar-refractivity contribution in [2.24, 2.45) is 0 Å². The Balaban J connectivity index is 1.63. The van der Waals surface area contributed by atoms with Gasteiger partial charge in [0.25, 0.3) is 0 Å². The fraction of sp³-hybridized carbons (Fsp3) is 0.357. The molecule has 0 spiro atoms. The molecule has 0 unspecified atom stereocenters. The van der Waals surface area contributed by atoms with Gasteiger partial charge in [-0.15, -0.1) is 11.3 Å². The van der Waals surface area contributed by atoms with Gasteiger partial charge in [-0.3, -0.25) is 10.6 Å². The van der Waals surface area contributed by atoms with Crippen LogP contribution in [0, 0.1) is 0 Å². The number of rotatable bonds is 3. The summed E-state index contributed by atoms with van der Waals surface area (Å²) in [5.74, 6) is 1.38. The van der Waals surface area contributed by atoms with Crippen LogP contribution in [-0.4, -0.2) is 29.1 Å². The van der Waals surface area contributed by atoms with Gasteiger partial charge in [-0.05, 0) is 36.8 Å². The third kappa shape index (κ3) is 3.69. The quantitative estimate of drug-likeness (QED) is 0.913. The number of hydrogen-bond donors (Lipinski definition) is 2. The van der Waals surface area contributed by atoms with Crippen molar-refractivity contribution in [3.8, 4) is 0 Å². The molecule has 0 atom stereocenters. The van der Waals surface area contributed by atoms with E-state index in [1.54, 1.807) is 0 Å². The molecule has 2 aromatic rings. The highest BCUT2D eigenvalue weighted by atomic mass is 32.1. The molecular formula is C14H17N5OS. The molecule has 2 N–H and O–H groups in total. The lowest BCUT2D eigenvalue weighted by Crippen LogP contribution is -2.30. The van der Waals surface area contributed by atoms with Crippen molar-refractivity contribution in [1.82, 2.24) is 9.97 Å². The van der Waals surface area contributed by atoms with Gasteiger partial charge in [-0.1, -0.05) is 0 Å². The van der Waals surface area contributed by atoms with Gasteiger partial charge in [0.2, 0.25) is 0 Å². The van der Waals surface area contributed by atoms with Crippen LogP contribution in [0.5, 0.6) is 0 Å². The van der Waals surface area contributed by atoms with Crippen molar-refractivity contribution < 1.29 is 4.79 Å². The number of carbonyl (C=O) groups excluding carboxylic acids is 1. The predicted octanol–water partition coefficient (Wildman–Crippen LogP) is 3.17. The second-order valence-electron chi connectivity index (χ2n) is 4.87. The Kier molecular flexibility index (Phi) is 4.30. The van der Waals surface area contributed by atoms with E-state index in [-0.39, 0.29) is 6.03 Å². The Morgan fingerprint density at radius 2 is 2.05 bits per heavy atom. The first-order chi connectivity index (χ1) is 10.3. The molecule has 2 aromatic heterocycles. The third-order valence-electron chi connectivity index (χ3n) is 3.33. The topological polar surface area (TPSA) is 70.2 Å². The molecule has 1 aliphatic heterocycles. The van der Waals surface area contributed by atoms with E-state index in [4.69, 9.17) is 0 Å². The lowest BCUT2D eigenvalue weighted by molar-refractivity contribution is 0.262. The normalized spacial score (nSPS) is 14.8. The second-order valence-corrected chi connectivity index (χ2v) is 5.81. The highest BCUT2D eigenvalue weighted by Gasteiger charge is 2.13. The summed E-state index contributed by atoms with van der Waals surface area (Å²) in [4.78, 5) is 22.5. The monoisotopic (exact) mass is 303 g/mol. The summed E-state index contributed by atoms with van der Waals surface area (Å²) in [6.07, 6.45) is 5.14. The number of nitrogens with one attached hydrogen (secondary N) is 2. The molecule has 0 radical (unpaired) electrons. The molecule has 0 saturated carbocycles. The summed E-state index contributed by atoms with van der Waals surface area (Å²) >= 11 is 1.47. The number of piperidine rings is 1. The zero-order valence-electron chi connectivity index (χ0n) is 11.6. The van der Waals surface area contributed by atoms with Crippen LogP contribution in [0.1, 0.15) is 19.3 Å². The summed E-state index contributed by atoms with van der Waals surface area (Å²) in [7, 11) is 0. The molecule has 0 bridgehead atoms. The fourth-order valence-electron chi connectivity index (χ4n) is 2.32. The number of carbonyl (C=O) groups is 1. The summed E-state index contributed by atoms with van der Waals surface area (Å²) in [5, 5.41) is 8.22. The molecule has 2 amide bonds. The predicted molar refractivity (Wildman–Crippen MR) is 85.1 cm³/mol. The maximum absolute atomic E-state index is 11.9. The van der Waals surface area contributed by atoms with E-state index in [0.29, 0.717) is 5.82 Å². The van der Waals surface area contributed by atoms with E-state index in [1.165, 1.54) is 36.9 Å². The second kappa shape index (κ2) is 6.53. The summed E-state index contributed by atoms with van der Waals surface area (Å²) in [6, 6.07) is 5.27. The van der Waals surface area contributed by atoms with E-state index >= 15 is 0 Å². The number of anilines is 3. The molecule has 0 aromatic carbocycles. The van der Waals surface area contributed by atoms with Gasteiger partial charge in [0.05, 0.1) is 5.00 Å². The van der Waals surface area contributed by atoms with Crippen LogP contribution in [-0.2, 0) is 0 Å². The highest BCUT2D eigenvalue weighted by Crippen LogP contribution is 2.19. The van der Waals surface area contributed by atoms with Crippen molar-refractivity contribution in [2.75, 3.05) is 28.6 Å². The summed E-state index contributed by atoms with van der Waals surface area (Å²) < 4.78 is 0. The molecule has 21 heavy (non-hydrogen) atoms. The van der Waals surface area contributed by atoms with Crippen molar-refractivity contribution >= 4 is 34.0 Å². The largest absolute Gasteiger partial charge is 0.356 e. The van der Waals surface area contributed by atoms with Crippen LogP contribution in [0.3, 0.4) is 0 Å². The molecular weight excluding hydrogens is 286 g/mol. The van der Waals surface area contributed by atoms with E-state index < -0.39 is 0 Å². The van der Waals surface area contributed by atoms with Crippen LogP contribution >= 0.6 is 11.3 Å². The molecule has 110 valence electrons. The first-order valence-corrected chi connectivity index (χ1v) is 7.88. The van der Waals surface area contributed by atoms with Gasteiger partial charge >= 0.3 is 6.03 Å². The van der Waals surface area contributed by atoms with Crippen LogP contribution in [0.25, 0.3) is 0 Å². The summed E-state index contributed by atoms with van der Waals surface area (Å²) in [5.41, 5.74) is 0. The Morgan fingerprint density at radius 1 is 1.19 bits per heavy atom. The third-order valence-corrected chi connectivity index (χ3v) is 4.12. The van der Waals surface area contributed by atoms with Crippen molar-refractivity contribution in [1.29, 1.82) is 0 Å². The van der Waals surface area contributed by atoms with Gasteiger partial charge < -0.3 is 4.90 Å². The van der Waals surface area contributed by atoms with Gasteiger partial charge in [0, 0.05) is 19.2 Å². The fourth-order valence-corrected chi connectivity index (χ4v) is 2.93. The minimum Gasteiger partial charge on any atom is -0.356 e. The molecule has 0 aliphatic carbocycles. The van der Waals surface area contributed by atoms with Gasteiger partial charge in [-0.2, -0.15) is 0 Å². The number of urea groups is 1. The van der Waals surface area contributed by atoms with Gasteiger partial charge in [0.15, 0.2) is 0 Å². The highest BCUT2D eigenvalue weighted by molar-refractivity contribution is 7.14. The molecule has 1 aliphatic rings. The van der Waals surface area contributed by atoms with E-state index in [1.807, 2.05) is 23.6 Å². The van der Waals surface area contributed by atoms with Gasteiger partial charge in [0.1, 0.15) is 18.0 Å². The molecule has 3 heterocycles. The lowest BCUT2D eigenvalue weighted by atomic mass is 10.1. The number of aromatic nitrogens is 2. The minimum absolute atomic E-state index is 0.291. The molecule has 7 heteroatoms. The number of nitrogens with zero attached hydrogens (tertiary/aromatic N) is 3. The minimum atomic E-state index is -0.291. The average molecular weight is 303 g/mol. The first-order valence-electron chi connectivity index (χ1n) is 7.00. The Bertz CT molecular complexity index is 595. The standard InChI is InChI=1S/C14H17N5OS/c20-14(18-13-5-4-8-21-13)17-11-9-12(16-10-15-11)19-6-2-1-3-7-19/h4-5,8-10H,1-3,6-7H2,(H2,15,16,17,18,20). The molecule has 1 fully saturated rings. The van der Waals surface area contributed by atoms with Crippen molar-refractivity contribution in [3.63, 3.8) is 0 Å². The zero-order valence-corrected chi connectivity index (χ0v) is 12.4. The number of amides is 2. The molecule has 3 rings (SSSR count). The number of hydrogen-bond acceptors (Lipinski definition) is 5. The Morgan fingerprint density at radius 3 is 2.81 bits per heavy atom. The first kappa shape index (κ1) is 13.8. The Labute approximate surface area is 127 Å². The van der Waals surface area contributed by atoms with E-state index in [0.717, 1.165) is 23.9 Å². The maximum atomic E-state index is 11.9. The van der Waals surface area contributed by atoms with Crippen molar-refractivity contribution in [2.45, 2.75) is 19.3 Å². The van der Waals surface area contributed by atoms with E-state index in [9.17, 15) is 4.79 Å². The lowest BCUT2D eigenvalue weighted by Gasteiger charge is -2.27. The SMILES string of the molecule is O=C(Nc1cc(N2CCCCC2)ncn1)Nc1cccs1.